The third-order valence-corrected chi connectivity index (χ3v) is 3.96. The van der Waals surface area contributed by atoms with E-state index in [0.29, 0.717) is 34.0 Å². The van der Waals surface area contributed by atoms with Crippen LogP contribution in [0.15, 0.2) is 18.2 Å². The summed E-state index contributed by atoms with van der Waals surface area (Å²) in [6.45, 7) is 2.70. The summed E-state index contributed by atoms with van der Waals surface area (Å²) in [5.41, 5.74) is 0.412. The second-order valence-corrected chi connectivity index (χ2v) is 5.35. The van der Waals surface area contributed by atoms with Gasteiger partial charge in [-0.3, -0.25) is 4.79 Å². The van der Waals surface area contributed by atoms with Gasteiger partial charge in [0.05, 0.1) is 15.6 Å². The van der Waals surface area contributed by atoms with E-state index in [1.807, 2.05) is 0 Å². The fraction of sp³-hybridized carbons (Fsp3) is 0.462. The summed E-state index contributed by atoms with van der Waals surface area (Å²) >= 11 is 17.5. The van der Waals surface area contributed by atoms with Gasteiger partial charge in [-0.1, -0.05) is 36.2 Å². The fourth-order valence-electron chi connectivity index (χ4n) is 1.50. The van der Waals surface area contributed by atoms with Crippen molar-refractivity contribution >= 4 is 40.7 Å². The minimum atomic E-state index is -0.193. The van der Waals surface area contributed by atoms with Crippen LogP contribution in [0.3, 0.4) is 0 Å². The molecule has 0 aliphatic heterocycles. The van der Waals surface area contributed by atoms with Crippen LogP contribution in [-0.4, -0.2) is 18.3 Å². The summed E-state index contributed by atoms with van der Waals surface area (Å²) in [6.07, 6.45) is 1.89. The number of hydrogen-bond acceptors (Lipinski definition) is 1. The van der Waals surface area contributed by atoms with Gasteiger partial charge in [0.2, 0.25) is 0 Å². The van der Waals surface area contributed by atoms with Crippen LogP contribution < -0.4 is 5.32 Å². The molecule has 1 atom stereocenters. The Kier molecular flexibility index (Phi) is 6.83. The van der Waals surface area contributed by atoms with Crippen LogP contribution in [-0.2, 0) is 0 Å². The van der Waals surface area contributed by atoms with E-state index in [1.54, 1.807) is 18.2 Å². The van der Waals surface area contributed by atoms with E-state index in [2.05, 4.69) is 12.2 Å². The minimum Gasteiger partial charge on any atom is -0.352 e. The summed E-state index contributed by atoms with van der Waals surface area (Å²) in [6, 6.07) is 5.02. The van der Waals surface area contributed by atoms with Gasteiger partial charge in [0, 0.05) is 12.4 Å². The van der Waals surface area contributed by atoms with Gasteiger partial charge < -0.3 is 5.32 Å². The second kappa shape index (κ2) is 7.88. The maximum absolute atomic E-state index is 11.9. The molecule has 0 fully saturated rings. The lowest BCUT2D eigenvalue weighted by Gasteiger charge is -2.09. The average Bonchev–Trinajstić information content (AvgIpc) is 2.37. The van der Waals surface area contributed by atoms with Gasteiger partial charge in [-0.15, -0.1) is 11.6 Å². The minimum absolute atomic E-state index is 0.193. The van der Waals surface area contributed by atoms with Gasteiger partial charge in [-0.05, 0) is 30.9 Å². The molecule has 0 radical (unpaired) electrons. The molecular formula is C13H16Cl3NO. The molecule has 0 aliphatic carbocycles. The molecule has 5 heteroatoms. The monoisotopic (exact) mass is 307 g/mol. The predicted octanol–water partition coefficient (Wildman–Crippen LogP) is 4.38. The first kappa shape index (κ1) is 15.6. The molecule has 1 aromatic carbocycles. The van der Waals surface area contributed by atoms with Crippen molar-refractivity contribution in [2.75, 3.05) is 12.4 Å². The Morgan fingerprint density at radius 3 is 2.78 bits per heavy atom. The lowest BCUT2D eigenvalue weighted by Crippen LogP contribution is -2.25. The maximum atomic E-state index is 11.9. The first-order valence-electron chi connectivity index (χ1n) is 5.84. The SMILES string of the molecule is CC(CCl)CCCNC(=O)c1cccc(Cl)c1Cl. The highest BCUT2D eigenvalue weighted by Gasteiger charge is 2.11. The number of nitrogens with one attached hydrogen (secondary N) is 1. The van der Waals surface area contributed by atoms with Crippen molar-refractivity contribution in [3.63, 3.8) is 0 Å². The largest absolute Gasteiger partial charge is 0.352 e. The lowest BCUT2D eigenvalue weighted by molar-refractivity contribution is 0.0952. The van der Waals surface area contributed by atoms with Crippen LogP contribution in [0.4, 0.5) is 0 Å². The predicted molar refractivity (Wildman–Crippen MR) is 77.9 cm³/mol. The van der Waals surface area contributed by atoms with E-state index in [9.17, 15) is 4.79 Å². The molecule has 1 N–H and O–H groups in total. The Morgan fingerprint density at radius 1 is 1.39 bits per heavy atom. The molecule has 1 amide bonds. The van der Waals surface area contributed by atoms with Crippen LogP contribution in [0.2, 0.25) is 10.0 Å². The lowest BCUT2D eigenvalue weighted by atomic mass is 10.1. The zero-order chi connectivity index (χ0) is 13.5. The van der Waals surface area contributed by atoms with Crippen molar-refractivity contribution < 1.29 is 4.79 Å². The molecule has 1 rings (SSSR count). The maximum Gasteiger partial charge on any atom is 0.252 e. The van der Waals surface area contributed by atoms with Crippen molar-refractivity contribution in [3.8, 4) is 0 Å². The van der Waals surface area contributed by atoms with Crippen molar-refractivity contribution in [2.45, 2.75) is 19.8 Å². The zero-order valence-corrected chi connectivity index (χ0v) is 12.4. The molecule has 0 saturated heterocycles. The molecule has 0 bridgehead atoms. The van der Waals surface area contributed by atoms with Gasteiger partial charge >= 0.3 is 0 Å². The topological polar surface area (TPSA) is 29.1 Å². The van der Waals surface area contributed by atoms with E-state index in [4.69, 9.17) is 34.8 Å². The number of halogens is 3. The molecule has 18 heavy (non-hydrogen) atoms. The quantitative estimate of drug-likeness (QED) is 0.613. The normalized spacial score (nSPS) is 12.2. The van der Waals surface area contributed by atoms with Crippen LogP contribution >= 0.6 is 34.8 Å². The van der Waals surface area contributed by atoms with E-state index in [-0.39, 0.29) is 5.91 Å². The molecule has 1 aromatic rings. The van der Waals surface area contributed by atoms with Crippen LogP contribution in [0.1, 0.15) is 30.1 Å². The summed E-state index contributed by atoms with van der Waals surface area (Å²) in [5, 5.41) is 3.51. The Hall–Kier alpha value is -0.440. The van der Waals surface area contributed by atoms with E-state index >= 15 is 0 Å². The molecule has 0 aliphatic rings. The Labute approximate surface area is 123 Å². The second-order valence-electron chi connectivity index (χ2n) is 4.26. The third-order valence-electron chi connectivity index (χ3n) is 2.62. The molecular weight excluding hydrogens is 293 g/mol. The summed E-state index contributed by atoms with van der Waals surface area (Å²) in [7, 11) is 0. The number of benzene rings is 1. The Balaban J connectivity index is 2.44. The highest BCUT2D eigenvalue weighted by atomic mass is 35.5. The van der Waals surface area contributed by atoms with E-state index < -0.39 is 0 Å². The Bertz CT molecular complexity index is 409. The molecule has 0 aromatic heterocycles. The number of carbonyl (C=O) groups is 1. The van der Waals surface area contributed by atoms with Gasteiger partial charge in [-0.25, -0.2) is 0 Å². The smallest absolute Gasteiger partial charge is 0.252 e. The highest BCUT2D eigenvalue weighted by molar-refractivity contribution is 6.43. The number of alkyl halides is 1. The molecule has 1 unspecified atom stereocenters. The molecule has 0 saturated carbocycles. The van der Waals surface area contributed by atoms with Crippen molar-refractivity contribution in [1.82, 2.24) is 5.32 Å². The van der Waals surface area contributed by atoms with Gasteiger partial charge in [-0.2, -0.15) is 0 Å². The standard InChI is InChI=1S/C13H16Cl3NO/c1-9(8-14)4-3-7-17-13(18)10-5-2-6-11(15)12(10)16/h2,5-6,9H,3-4,7-8H2,1H3,(H,17,18). The van der Waals surface area contributed by atoms with Crippen LogP contribution in [0, 0.1) is 5.92 Å². The van der Waals surface area contributed by atoms with Crippen molar-refractivity contribution in [1.29, 1.82) is 0 Å². The number of carbonyl (C=O) groups excluding carboxylic acids is 1. The Morgan fingerprint density at radius 2 is 2.11 bits per heavy atom. The number of hydrogen-bond donors (Lipinski definition) is 1. The van der Waals surface area contributed by atoms with E-state index in [1.165, 1.54) is 0 Å². The molecule has 2 nitrogen and oxygen atoms in total. The van der Waals surface area contributed by atoms with Crippen LogP contribution in [0.5, 0.6) is 0 Å². The first-order chi connectivity index (χ1) is 8.56. The zero-order valence-electron chi connectivity index (χ0n) is 10.2. The average molecular weight is 309 g/mol. The summed E-state index contributed by atoms with van der Waals surface area (Å²) in [5.74, 6) is 0.924. The third kappa shape index (κ3) is 4.68. The summed E-state index contributed by atoms with van der Waals surface area (Å²) < 4.78 is 0. The summed E-state index contributed by atoms with van der Waals surface area (Å²) in [4.78, 5) is 11.9. The fourth-order valence-corrected chi connectivity index (χ4v) is 2.04. The first-order valence-corrected chi connectivity index (χ1v) is 7.13. The number of amides is 1. The van der Waals surface area contributed by atoms with Crippen molar-refractivity contribution in [2.24, 2.45) is 5.92 Å². The van der Waals surface area contributed by atoms with Gasteiger partial charge in [0.1, 0.15) is 0 Å². The van der Waals surface area contributed by atoms with Gasteiger partial charge in [0.15, 0.2) is 0 Å². The molecule has 100 valence electrons. The van der Waals surface area contributed by atoms with E-state index in [0.717, 1.165) is 12.8 Å². The highest BCUT2D eigenvalue weighted by Crippen LogP contribution is 2.25. The van der Waals surface area contributed by atoms with Crippen LogP contribution in [0.25, 0.3) is 0 Å². The number of rotatable bonds is 6. The molecule has 0 heterocycles. The van der Waals surface area contributed by atoms with Crippen molar-refractivity contribution in [3.05, 3.63) is 33.8 Å². The van der Waals surface area contributed by atoms with Gasteiger partial charge in [0.25, 0.3) is 5.91 Å². The molecule has 0 spiro atoms.